The van der Waals surface area contributed by atoms with Gasteiger partial charge < -0.3 is 15.0 Å². The van der Waals surface area contributed by atoms with E-state index in [0.29, 0.717) is 32.7 Å². The zero-order chi connectivity index (χ0) is 21.6. The zero-order valence-corrected chi connectivity index (χ0v) is 20.5. The number of rotatable bonds is 5. The molecule has 1 aromatic carbocycles. The van der Waals surface area contributed by atoms with Gasteiger partial charge in [0.05, 0.1) is 13.2 Å². The van der Waals surface area contributed by atoms with Crippen LogP contribution in [0.2, 0.25) is 0 Å². The third-order valence-corrected chi connectivity index (χ3v) is 5.80. The van der Waals surface area contributed by atoms with Crippen LogP contribution >= 0.6 is 24.0 Å². The van der Waals surface area contributed by atoms with Crippen molar-refractivity contribution in [2.24, 2.45) is 4.99 Å². The fourth-order valence-corrected chi connectivity index (χ4v) is 3.90. The average Bonchev–Trinajstić information content (AvgIpc) is 2.74. The lowest BCUT2D eigenvalue weighted by molar-refractivity contribution is -0.181. The molecule has 3 rings (SSSR count). The fraction of sp³-hybridized carbons (Fsp3) is 0.667. The van der Waals surface area contributed by atoms with Crippen LogP contribution in [0.5, 0.6) is 0 Å². The standard InChI is InChI=1S/C21H32F3N5O.HI/c1-17(21(22,23)24)28-6-8-29(9-7-28)20(25-2)26-15-18-4-3-5-19(14-18)16-27-10-12-30-13-11-27;/h3-5,14,17H,6-13,15-16H2,1-2H3,(H,25,26);1H. The van der Waals surface area contributed by atoms with Crippen molar-refractivity contribution >= 4 is 29.9 Å². The highest BCUT2D eigenvalue weighted by Crippen LogP contribution is 2.25. The van der Waals surface area contributed by atoms with Gasteiger partial charge in [0, 0.05) is 59.4 Å². The quantitative estimate of drug-likeness (QED) is 0.344. The second-order valence-corrected chi connectivity index (χ2v) is 7.85. The first-order chi connectivity index (χ1) is 14.4. The van der Waals surface area contributed by atoms with Gasteiger partial charge in [0.2, 0.25) is 0 Å². The predicted molar refractivity (Wildman–Crippen MR) is 127 cm³/mol. The number of nitrogens with zero attached hydrogens (tertiary/aromatic N) is 4. The van der Waals surface area contributed by atoms with Gasteiger partial charge in [0.1, 0.15) is 6.04 Å². The van der Waals surface area contributed by atoms with E-state index in [4.69, 9.17) is 4.74 Å². The van der Waals surface area contributed by atoms with Crippen molar-refractivity contribution in [1.82, 2.24) is 20.0 Å². The lowest BCUT2D eigenvalue weighted by atomic mass is 10.1. The number of hydrogen-bond acceptors (Lipinski definition) is 4. The van der Waals surface area contributed by atoms with Gasteiger partial charge in [0.15, 0.2) is 5.96 Å². The molecule has 10 heteroatoms. The van der Waals surface area contributed by atoms with Gasteiger partial charge in [-0.1, -0.05) is 24.3 Å². The molecule has 2 heterocycles. The zero-order valence-electron chi connectivity index (χ0n) is 18.2. The van der Waals surface area contributed by atoms with Gasteiger partial charge in [-0.15, -0.1) is 24.0 Å². The summed E-state index contributed by atoms with van der Waals surface area (Å²) >= 11 is 0. The number of ether oxygens (including phenoxy) is 1. The number of halogens is 4. The van der Waals surface area contributed by atoms with Crippen molar-refractivity contribution in [1.29, 1.82) is 0 Å². The molecule has 2 saturated heterocycles. The maximum absolute atomic E-state index is 12.9. The molecule has 0 amide bonds. The number of benzene rings is 1. The Kier molecular flexibility index (Phi) is 10.3. The van der Waals surface area contributed by atoms with Crippen LogP contribution in [0.4, 0.5) is 13.2 Å². The van der Waals surface area contributed by atoms with E-state index < -0.39 is 12.2 Å². The van der Waals surface area contributed by atoms with E-state index in [0.717, 1.165) is 44.4 Å². The molecule has 0 aromatic heterocycles. The van der Waals surface area contributed by atoms with Crippen molar-refractivity contribution in [3.8, 4) is 0 Å². The number of piperazine rings is 1. The van der Waals surface area contributed by atoms with E-state index in [1.165, 1.54) is 17.4 Å². The Morgan fingerprint density at radius 1 is 1.10 bits per heavy atom. The van der Waals surface area contributed by atoms with Crippen LogP contribution in [0, 0.1) is 0 Å². The molecule has 0 aliphatic carbocycles. The van der Waals surface area contributed by atoms with Gasteiger partial charge in [-0.05, 0) is 18.1 Å². The van der Waals surface area contributed by atoms with Crippen molar-refractivity contribution in [2.45, 2.75) is 32.2 Å². The Morgan fingerprint density at radius 3 is 2.35 bits per heavy atom. The largest absolute Gasteiger partial charge is 0.403 e. The molecule has 1 unspecified atom stereocenters. The van der Waals surface area contributed by atoms with Crippen molar-refractivity contribution < 1.29 is 17.9 Å². The molecule has 1 atom stereocenters. The highest BCUT2D eigenvalue weighted by molar-refractivity contribution is 14.0. The van der Waals surface area contributed by atoms with Crippen LogP contribution in [0.3, 0.4) is 0 Å². The number of aliphatic imine (C=N–C) groups is 1. The van der Waals surface area contributed by atoms with Gasteiger partial charge in [-0.3, -0.25) is 14.8 Å². The number of hydrogen-bond donors (Lipinski definition) is 1. The minimum absolute atomic E-state index is 0. The van der Waals surface area contributed by atoms with Crippen LogP contribution in [-0.2, 0) is 17.8 Å². The van der Waals surface area contributed by atoms with Gasteiger partial charge in [-0.25, -0.2) is 0 Å². The van der Waals surface area contributed by atoms with Crippen molar-refractivity contribution in [2.75, 3.05) is 59.5 Å². The highest BCUT2D eigenvalue weighted by Gasteiger charge is 2.41. The topological polar surface area (TPSA) is 43.3 Å². The van der Waals surface area contributed by atoms with Crippen LogP contribution in [-0.4, -0.2) is 92.4 Å². The van der Waals surface area contributed by atoms with Crippen molar-refractivity contribution in [3.05, 3.63) is 35.4 Å². The normalized spacial score (nSPS) is 20.3. The molecule has 0 spiro atoms. The molecule has 2 aliphatic rings. The van der Waals surface area contributed by atoms with Crippen LogP contribution in [0.1, 0.15) is 18.1 Å². The monoisotopic (exact) mass is 555 g/mol. The van der Waals surface area contributed by atoms with Crippen LogP contribution < -0.4 is 5.32 Å². The summed E-state index contributed by atoms with van der Waals surface area (Å²) in [5.74, 6) is 0.730. The van der Waals surface area contributed by atoms with E-state index in [1.54, 1.807) is 7.05 Å². The molecule has 2 aliphatic heterocycles. The molecule has 176 valence electrons. The lowest BCUT2D eigenvalue weighted by Gasteiger charge is -2.39. The summed E-state index contributed by atoms with van der Waals surface area (Å²) in [5.41, 5.74) is 2.42. The summed E-state index contributed by atoms with van der Waals surface area (Å²) < 4.78 is 44.2. The molecular weight excluding hydrogens is 522 g/mol. The summed E-state index contributed by atoms with van der Waals surface area (Å²) in [7, 11) is 1.71. The maximum atomic E-state index is 12.9. The van der Waals surface area contributed by atoms with E-state index in [2.05, 4.69) is 39.5 Å². The Labute approximate surface area is 199 Å². The molecular formula is C21H33F3IN5O. The smallest absolute Gasteiger partial charge is 0.379 e. The van der Waals surface area contributed by atoms with E-state index in [9.17, 15) is 13.2 Å². The lowest BCUT2D eigenvalue weighted by Crippen LogP contribution is -2.56. The Hall–Kier alpha value is -1.11. The first-order valence-electron chi connectivity index (χ1n) is 10.5. The van der Waals surface area contributed by atoms with Crippen molar-refractivity contribution in [3.63, 3.8) is 0 Å². The molecule has 0 saturated carbocycles. The summed E-state index contributed by atoms with van der Waals surface area (Å²) in [6, 6.07) is 7.05. The number of nitrogens with one attached hydrogen (secondary N) is 1. The molecule has 6 nitrogen and oxygen atoms in total. The average molecular weight is 555 g/mol. The first-order valence-corrected chi connectivity index (χ1v) is 10.5. The predicted octanol–water partition coefficient (Wildman–Crippen LogP) is 2.78. The first kappa shape index (κ1) is 26.1. The fourth-order valence-electron chi connectivity index (χ4n) is 3.90. The minimum Gasteiger partial charge on any atom is -0.379 e. The second kappa shape index (κ2) is 12.2. The van der Waals surface area contributed by atoms with E-state index in [-0.39, 0.29) is 24.0 Å². The molecule has 2 fully saturated rings. The van der Waals surface area contributed by atoms with Gasteiger partial charge in [-0.2, -0.15) is 13.2 Å². The van der Waals surface area contributed by atoms with E-state index >= 15 is 0 Å². The summed E-state index contributed by atoms with van der Waals surface area (Å²) in [6.45, 7) is 8.03. The summed E-state index contributed by atoms with van der Waals surface area (Å²) in [6.07, 6.45) is -4.19. The number of guanidine groups is 1. The minimum atomic E-state index is -4.19. The number of alkyl halides is 3. The Bertz CT molecular complexity index is 705. The van der Waals surface area contributed by atoms with E-state index in [1.807, 2.05) is 4.90 Å². The highest BCUT2D eigenvalue weighted by atomic mass is 127. The third-order valence-electron chi connectivity index (χ3n) is 5.80. The Balaban J connectivity index is 0.00000341. The SMILES string of the molecule is CN=C(NCc1cccc(CN2CCOCC2)c1)N1CCN(C(C)C(F)(F)F)CC1.I. The molecule has 0 radical (unpaired) electrons. The summed E-state index contributed by atoms with van der Waals surface area (Å²) in [4.78, 5) is 10.2. The second-order valence-electron chi connectivity index (χ2n) is 7.85. The summed E-state index contributed by atoms with van der Waals surface area (Å²) in [5, 5.41) is 3.36. The van der Waals surface area contributed by atoms with Gasteiger partial charge in [0.25, 0.3) is 0 Å². The number of morpholine rings is 1. The van der Waals surface area contributed by atoms with Crippen LogP contribution in [0.25, 0.3) is 0 Å². The maximum Gasteiger partial charge on any atom is 0.403 e. The molecule has 31 heavy (non-hydrogen) atoms. The third kappa shape index (κ3) is 7.76. The van der Waals surface area contributed by atoms with Gasteiger partial charge >= 0.3 is 6.18 Å². The van der Waals surface area contributed by atoms with Crippen LogP contribution in [0.15, 0.2) is 29.3 Å². The molecule has 1 aromatic rings. The Morgan fingerprint density at radius 2 is 1.74 bits per heavy atom. The molecule has 0 bridgehead atoms. The molecule has 1 N–H and O–H groups in total.